The van der Waals surface area contributed by atoms with E-state index in [9.17, 15) is 0 Å². The first-order valence-corrected chi connectivity index (χ1v) is 14.0. The van der Waals surface area contributed by atoms with Crippen molar-refractivity contribution in [2.45, 2.75) is 141 Å². The molecule has 0 aliphatic heterocycles. The second-order valence-electron chi connectivity index (χ2n) is 11.3. The fraction of sp³-hybridized carbons (Fsp3) is 0.931. The van der Waals surface area contributed by atoms with E-state index < -0.39 is 36.6 Å². The van der Waals surface area contributed by atoms with Gasteiger partial charge in [0.25, 0.3) is 0 Å². The zero-order chi connectivity index (χ0) is 23.8. The van der Waals surface area contributed by atoms with Gasteiger partial charge < -0.3 is 4.74 Å². The molecule has 0 heterocycles. The summed E-state index contributed by atoms with van der Waals surface area (Å²) in [6.07, 6.45) is 14.1. The van der Waals surface area contributed by atoms with Crippen molar-refractivity contribution >= 4 is 0 Å². The lowest BCUT2D eigenvalue weighted by Crippen LogP contribution is -2.52. The van der Waals surface area contributed by atoms with Crippen LogP contribution in [-0.2, 0) is 4.74 Å². The number of hydrogen-bond donors (Lipinski definition) is 0. The summed E-state index contributed by atoms with van der Waals surface area (Å²) in [4.78, 5) is 0. The number of hydrogen-bond acceptors (Lipinski definition) is 1. The number of rotatable bonds is 10. The highest BCUT2D eigenvalue weighted by molar-refractivity contribution is 5.01. The molecular formula is C29H47F3O. The molecule has 190 valence electrons. The third-order valence-electron chi connectivity index (χ3n) is 9.14. The van der Waals surface area contributed by atoms with Gasteiger partial charge in [-0.1, -0.05) is 58.3 Å². The van der Waals surface area contributed by atoms with Gasteiger partial charge >= 0.3 is 0 Å². The van der Waals surface area contributed by atoms with Gasteiger partial charge in [0.15, 0.2) is 6.17 Å². The minimum absolute atomic E-state index is 0.0654. The van der Waals surface area contributed by atoms with Crippen LogP contribution >= 0.6 is 0 Å². The number of alkyl halides is 3. The molecule has 1 nitrogen and oxygen atoms in total. The molecular weight excluding hydrogens is 421 g/mol. The molecule has 0 saturated heterocycles. The van der Waals surface area contributed by atoms with Crippen molar-refractivity contribution in [2.24, 2.45) is 29.6 Å². The smallest absolute Gasteiger partial charge is 0.160 e. The Labute approximate surface area is 201 Å². The van der Waals surface area contributed by atoms with E-state index >= 15 is 13.2 Å². The van der Waals surface area contributed by atoms with Crippen molar-refractivity contribution < 1.29 is 17.9 Å². The fourth-order valence-electron chi connectivity index (χ4n) is 7.11. The molecule has 0 amide bonds. The van der Waals surface area contributed by atoms with E-state index in [1.807, 2.05) is 0 Å². The van der Waals surface area contributed by atoms with Gasteiger partial charge in [0, 0.05) is 0 Å². The molecule has 6 unspecified atom stereocenters. The first-order valence-electron chi connectivity index (χ1n) is 14.0. The summed E-state index contributed by atoms with van der Waals surface area (Å²) in [5.74, 6) is 4.52. The maximum Gasteiger partial charge on any atom is 0.160 e. The summed E-state index contributed by atoms with van der Waals surface area (Å²) in [5.41, 5.74) is 0. The van der Waals surface area contributed by atoms with Crippen LogP contribution in [0.2, 0.25) is 0 Å². The first kappa shape index (κ1) is 26.9. The van der Waals surface area contributed by atoms with Crippen molar-refractivity contribution in [3.05, 3.63) is 0 Å². The van der Waals surface area contributed by atoms with Gasteiger partial charge in [-0.15, -0.1) is 6.42 Å². The Morgan fingerprint density at radius 1 is 0.818 bits per heavy atom. The van der Waals surface area contributed by atoms with E-state index in [4.69, 9.17) is 11.2 Å². The van der Waals surface area contributed by atoms with Gasteiger partial charge in [0.2, 0.25) is 0 Å². The monoisotopic (exact) mass is 468 g/mol. The highest BCUT2D eigenvalue weighted by Crippen LogP contribution is 2.47. The molecule has 0 aromatic rings. The molecule has 3 fully saturated rings. The average Bonchev–Trinajstić information content (AvgIpc) is 2.84. The number of terminal acetylenes is 1. The van der Waals surface area contributed by atoms with Crippen LogP contribution in [0.3, 0.4) is 0 Å². The maximum absolute atomic E-state index is 15.2. The highest BCUT2D eigenvalue weighted by Gasteiger charge is 2.50. The zero-order valence-electron chi connectivity index (χ0n) is 21.0. The van der Waals surface area contributed by atoms with Crippen LogP contribution in [0.5, 0.6) is 0 Å². The van der Waals surface area contributed by atoms with Crippen LogP contribution in [0.15, 0.2) is 0 Å². The Hall–Kier alpha value is -0.690. The minimum atomic E-state index is -1.92. The maximum atomic E-state index is 15.2. The Balaban J connectivity index is 1.47. The van der Waals surface area contributed by atoms with Gasteiger partial charge in [0.05, 0.1) is 0 Å². The van der Waals surface area contributed by atoms with Crippen LogP contribution in [0.25, 0.3) is 0 Å². The summed E-state index contributed by atoms with van der Waals surface area (Å²) in [7, 11) is 0. The second-order valence-corrected chi connectivity index (χ2v) is 11.3. The van der Waals surface area contributed by atoms with Crippen molar-refractivity contribution in [1.82, 2.24) is 0 Å². The van der Waals surface area contributed by atoms with Gasteiger partial charge in [0.1, 0.15) is 24.6 Å². The SMILES string of the molecule is C#CC(CCCCC)OC1C(F)CC(C2CCC(C3CCC(CCC)CC3)CC2)C(F)C1F. The third-order valence-corrected chi connectivity index (χ3v) is 9.14. The van der Waals surface area contributed by atoms with E-state index in [-0.39, 0.29) is 12.3 Å². The van der Waals surface area contributed by atoms with Gasteiger partial charge in [-0.2, -0.15) is 0 Å². The van der Waals surface area contributed by atoms with E-state index in [0.29, 0.717) is 6.42 Å². The van der Waals surface area contributed by atoms with E-state index in [2.05, 4.69) is 19.8 Å². The fourth-order valence-corrected chi connectivity index (χ4v) is 7.11. The van der Waals surface area contributed by atoms with E-state index in [1.54, 1.807) is 0 Å². The van der Waals surface area contributed by atoms with Crippen LogP contribution in [-0.4, -0.2) is 30.7 Å². The molecule has 0 spiro atoms. The molecule has 0 radical (unpaired) electrons. The van der Waals surface area contributed by atoms with E-state index in [1.165, 1.54) is 38.5 Å². The number of ether oxygens (including phenoxy) is 1. The zero-order valence-corrected chi connectivity index (χ0v) is 21.0. The largest absolute Gasteiger partial charge is 0.356 e. The molecule has 3 saturated carbocycles. The molecule has 4 heteroatoms. The average molecular weight is 469 g/mol. The molecule has 6 atom stereocenters. The third kappa shape index (κ3) is 7.16. The molecule has 0 N–H and O–H groups in total. The first-order chi connectivity index (χ1) is 16.0. The highest BCUT2D eigenvalue weighted by atomic mass is 19.2. The van der Waals surface area contributed by atoms with Crippen molar-refractivity contribution in [3.8, 4) is 12.3 Å². The minimum Gasteiger partial charge on any atom is -0.356 e. The molecule has 3 aliphatic carbocycles. The van der Waals surface area contributed by atoms with Gasteiger partial charge in [-0.05, 0) is 87.4 Å². The van der Waals surface area contributed by atoms with Crippen molar-refractivity contribution in [2.75, 3.05) is 0 Å². The topological polar surface area (TPSA) is 9.23 Å². The lowest BCUT2D eigenvalue weighted by molar-refractivity contribution is -0.138. The van der Waals surface area contributed by atoms with E-state index in [0.717, 1.165) is 62.7 Å². The van der Waals surface area contributed by atoms with Crippen molar-refractivity contribution in [3.63, 3.8) is 0 Å². The van der Waals surface area contributed by atoms with Crippen molar-refractivity contribution in [1.29, 1.82) is 0 Å². The summed E-state index contributed by atoms with van der Waals surface area (Å²) in [5, 5.41) is 0. The number of unbranched alkanes of at least 4 members (excludes halogenated alkanes) is 2. The predicted octanol–water partition coefficient (Wildman–Crippen LogP) is 8.40. The Morgan fingerprint density at radius 2 is 1.42 bits per heavy atom. The Bertz CT molecular complexity index is 588. The van der Waals surface area contributed by atoms with Crippen LogP contribution in [0.4, 0.5) is 13.2 Å². The summed E-state index contributed by atoms with van der Waals surface area (Å²) in [6, 6.07) is 0. The Morgan fingerprint density at radius 3 is 2.00 bits per heavy atom. The summed E-state index contributed by atoms with van der Waals surface area (Å²) in [6.45, 7) is 4.36. The lowest BCUT2D eigenvalue weighted by atomic mass is 9.64. The second kappa shape index (κ2) is 13.4. The Kier molecular flexibility index (Phi) is 10.9. The van der Waals surface area contributed by atoms with Gasteiger partial charge in [-0.3, -0.25) is 0 Å². The summed E-state index contributed by atoms with van der Waals surface area (Å²) < 4.78 is 50.9. The molecule has 3 rings (SSSR count). The van der Waals surface area contributed by atoms with Gasteiger partial charge in [-0.25, -0.2) is 13.2 Å². The molecule has 0 bridgehead atoms. The molecule has 33 heavy (non-hydrogen) atoms. The molecule has 3 aliphatic rings. The predicted molar refractivity (Wildman–Crippen MR) is 130 cm³/mol. The summed E-state index contributed by atoms with van der Waals surface area (Å²) >= 11 is 0. The molecule has 0 aromatic carbocycles. The van der Waals surface area contributed by atoms with Crippen LogP contribution in [0.1, 0.15) is 110 Å². The number of halogens is 3. The van der Waals surface area contributed by atoms with Crippen LogP contribution in [0, 0.1) is 41.9 Å². The van der Waals surface area contributed by atoms with Crippen LogP contribution < -0.4 is 0 Å². The standard InChI is InChI=1S/C29H47F3O/c1-4-7-8-10-24(6-3)33-29-26(30)19-25(27(31)28(29)32)23-17-15-22(16-18-23)21-13-11-20(9-5-2)12-14-21/h3,20-29H,4-5,7-19H2,1-2H3. The molecule has 0 aromatic heterocycles. The quantitative estimate of drug-likeness (QED) is 0.231. The lowest BCUT2D eigenvalue weighted by Gasteiger charge is -2.44. The normalized spacial score (nSPS) is 40.8.